The van der Waals surface area contributed by atoms with Crippen LogP contribution in [-0.4, -0.2) is 9.13 Å². The van der Waals surface area contributed by atoms with Gasteiger partial charge in [0.1, 0.15) is 0 Å². The third-order valence-corrected chi connectivity index (χ3v) is 17.0. The van der Waals surface area contributed by atoms with Crippen molar-refractivity contribution in [1.82, 2.24) is 9.13 Å². The van der Waals surface area contributed by atoms with E-state index in [1.165, 1.54) is 119 Å². The van der Waals surface area contributed by atoms with E-state index in [1.54, 1.807) is 0 Å². The maximum atomic E-state index is 2.51. The van der Waals surface area contributed by atoms with Gasteiger partial charge in [-0.05, 0) is 153 Å². The molecule has 344 valence electrons. The zero-order chi connectivity index (χ0) is 48.1. The summed E-state index contributed by atoms with van der Waals surface area (Å²) in [6.45, 7) is 27.8. The van der Waals surface area contributed by atoms with Gasteiger partial charge >= 0.3 is 0 Å². The molecule has 1 aliphatic heterocycles. The summed E-state index contributed by atoms with van der Waals surface area (Å²) >= 11 is 3.76. The first-order valence-corrected chi connectivity index (χ1v) is 26.2. The minimum absolute atomic E-state index is 0.0324. The maximum Gasteiger partial charge on any atom is 0.0603 e. The second-order valence-corrected chi connectivity index (χ2v) is 25.8. The van der Waals surface area contributed by atoms with Gasteiger partial charge in [-0.3, -0.25) is 0 Å². The minimum atomic E-state index is 0.0324. The fourth-order valence-electron chi connectivity index (χ4n) is 10.7. The highest BCUT2D eigenvalue weighted by atomic mass is 32.2. The summed E-state index contributed by atoms with van der Waals surface area (Å²) in [5, 5.41) is 7.82. The summed E-state index contributed by atoms with van der Waals surface area (Å²) in [5.41, 5.74) is 16.3. The third kappa shape index (κ3) is 7.13. The van der Waals surface area contributed by atoms with Crippen LogP contribution in [0.15, 0.2) is 161 Å². The van der Waals surface area contributed by atoms with Crippen LogP contribution in [0.4, 0.5) is 17.1 Å². The van der Waals surface area contributed by atoms with Gasteiger partial charge in [0, 0.05) is 68.6 Å². The number of hydrogen-bond donors (Lipinski definition) is 0. The van der Waals surface area contributed by atoms with Crippen molar-refractivity contribution in [3.8, 4) is 11.4 Å². The lowest BCUT2D eigenvalue weighted by Gasteiger charge is -2.34. The molecule has 0 atom stereocenters. The Labute approximate surface area is 415 Å². The number of hydrogen-bond acceptors (Lipinski definition) is 3. The second kappa shape index (κ2) is 15.1. The molecule has 0 bridgehead atoms. The van der Waals surface area contributed by atoms with E-state index in [-0.39, 0.29) is 21.7 Å². The Morgan fingerprint density at radius 2 is 0.696 bits per heavy atom. The summed E-state index contributed by atoms with van der Waals surface area (Å²) in [6, 6.07) is 58.7. The van der Waals surface area contributed by atoms with E-state index in [0.29, 0.717) is 0 Å². The Balaban J connectivity index is 1.08. The largest absolute Gasteiger partial charge is 0.309 e. The van der Waals surface area contributed by atoms with Crippen LogP contribution in [0.5, 0.6) is 0 Å². The molecule has 0 radical (unpaired) electrons. The highest BCUT2D eigenvalue weighted by Crippen LogP contribution is 2.54. The van der Waals surface area contributed by atoms with Crippen molar-refractivity contribution < 1.29 is 0 Å². The van der Waals surface area contributed by atoms with Gasteiger partial charge in [0.05, 0.1) is 33.4 Å². The van der Waals surface area contributed by atoms with Crippen LogP contribution < -0.4 is 4.90 Å². The predicted molar refractivity (Wildman–Crippen MR) is 302 cm³/mol. The molecule has 3 aromatic heterocycles. The van der Waals surface area contributed by atoms with Gasteiger partial charge in [0.15, 0.2) is 0 Å². The number of fused-ring (bicyclic) bond motifs is 11. The number of aromatic nitrogens is 2. The summed E-state index contributed by atoms with van der Waals surface area (Å²) in [5.74, 6) is 0. The van der Waals surface area contributed by atoms with Crippen molar-refractivity contribution in [2.45, 2.75) is 115 Å². The van der Waals surface area contributed by atoms with Crippen molar-refractivity contribution in [3.05, 3.63) is 174 Å². The predicted octanol–water partition coefficient (Wildman–Crippen LogP) is 19.4. The zero-order valence-corrected chi connectivity index (χ0v) is 43.7. The molecule has 11 aromatic rings. The van der Waals surface area contributed by atoms with Gasteiger partial charge in [-0.2, -0.15) is 0 Å². The molecule has 0 aliphatic carbocycles. The molecule has 8 aromatic carbocycles. The Morgan fingerprint density at radius 3 is 1.10 bits per heavy atom. The highest BCUT2D eigenvalue weighted by Gasteiger charge is 2.29. The number of anilines is 3. The monoisotopic (exact) mass is 935 g/mol. The molecule has 0 amide bonds. The van der Waals surface area contributed by atoms with Crippen molar-refractivity contribution in [1.29, 1.82) is 0 Å². The Hall–Kier alpha value is -6.27. The molecule has 0 unspecified atom stereocenters. The lowest BCUT2D eigenvalue weighted by atomic mass is 9.85. The summed E-state index contributed by atoms with van der Waals surface area (Å²) in [7, 11) is 0. The summed E-state index contributed by atoms with van der Waals surface area (Å²) < 4.78 is 7.63. The normalized spacial score (nSPS) is 13.7. The van der Waals surface area contributed by atoms with E-state index in [4.69, 9.17) is 0 Å². The average Bonchev–Trinajstić information content (AvgIpc) is 3.95. The van der Waals surface area contributed by atoms with Crippen LogP contribution in [0, 0.1) is 0 Å². The molecule has 1 aliphatic rings. The Kier molecular flexibility index (Phi) is 9.63. The van der Waals surface area contributed by atoms with Crippen LogP contribution >= 0.6 is 23.1 Å². The summed E-state index contributed by atoms with van der Waals surface area (Å²) in [6.07, 6.45) is 0. The maximum absolute atomic E-state index is 2.51. The summed E-state index contributed by atoms with van der Waals surface area (Å²) in [4.78, 5) is 4.97. The molecule has 0 saturated heterocycles. The molecule has 0 N–H and O–H groups in total. The molecule has 0 saturated carbocycles. The lowest BCUT2D eigenvalue weighted by Crippen LogP contribution is -2.15. The number of rotatable bonds is 3. The quantitative estimate of drug-likeness (QED) is 0.175. The van der Waals surface area contributed by atoms with E-state index in [1.807, 2.05) is 23.1 Å². The van der Waals surface area contributed by atoms with Gasteiger partial charge in [-0.1, -0.05) is 137 Å². The fourth-order valence-corrected chi connectivity index (χ4v) is 12.9. The minimum Gasteiger partial charge on any atom is -0.309 e. The van der Waals surface area contributed by atoms with Gasteiger partial charge < -0.3 is 14.0 Å². The third-order valence-electron chi connectivity index (χ3n) is 14.7. The van der Waals surface area contributed by atoms with Crippen LogP contribution in [0.25, 0.3) is 75.2 Å². The van der Waals surface area contributed by atoms with Crippen molar-refractivity contribution in [3.63, 3.8) is 0 Å². The fraction of sp³-hybridized carbons (Fsp3) is 0.250. The molecular formula is C64H61N3S2. The van der Waals surface area contributed by atoms with Crippen LogP contribution in [0.3, 0.4) is 0 Å². The Bertz CT molecular complexity index is 3580. The molecule has 0 fully saturated rings. The average molecular weight is 936 g/mol. The van der Waals surface area contributed by atoms with Crippen LogP contribution in [0.2, 0.25) is 0 Å². The van der Waals surface area contributed by atoms with Crippen LogP contribution in [-0.2, 0) is 21.7 Å². The van der Waals surface area contributed by atoms with E-state index in [0.717, 1.165) is 5.69 Å². The smallest absolute Gasteiger partial charge is 0.0603 e. The van der Waals surface area contributed by atoms with Crippen molar-refractivity contribution >= 4 is 104 Å². The first kappa shape index (κ1) is 44.0. The highest BCUT2D eigenvalue weighted by molar-refractivity contribution is 7.99. The first-order chi connectivity index (χ1) is 32.7. The van der Waals surface area contributed by atoms with Crippen molar-refractivity contribution in [2.75, 3.05) is 4.90 Å². The SMILES string of the molecule is CC(C)(C)c1ccc2c(c1)c1cc(C(C)(C)C)ccc1n2-c1ccc2c(c1)Sc1cc(-n3c4ccc(C(C)(C)C)cc4c4cc(C(C)(C)C)ccc43)ccc1N2c1ccc2sc3ccccc3c2c1. The van der Waals surface area contributed by atoms with E-state index < -0.39 is 0 Å². The van der Waals surface area contributed by atoms with Gasteiger partial charge in [0.25, 0.3) is 0 Å². The molecular weight excluding hydrogens is 875 g/mol. The van der Waals surface area contributed by atoms with Gasteiger partial charge in [0.2, 0.25) is 0 Å². The van der Waals surface area contributed by atoms with E-state index in [2.05, 4.69) is 249 Å². The number of nitrogens with zero attached hydrogens (tertiary/aromatic N) is 3. The molecule has 0 spiro atoms. The Morgan fingerprint density at radius 1 is 0.319 bits per heavy atom. The molecule has 69 heavy (non-hydrogen) atoms. The standard InChI is InChI=1S/C64H61N3S2/c1-61(2,3)38-17-24-51-46(31-38)47-32-39(62(4,5)6)18-25-52(47)65(51)43-21-28-55-59(36-43)69-60-37-44(22-29-56(60)67(55)42-23-30-58-50(35-42)45-15-13-14-16-57(45)68-58)66-53-26-19-40(63(7,8)9)33-48(53)49-34-41(64(10,11)12)20-27-54(49)66/h13-37H,1-12H3. The second-order valence-electron chi connectivity index (χ2n) is 23.6. The molecule has 5 heteroatoms. The lowest BCUT2D eigenvalue weighted by molar-refractivity contribution is 0.590. The van der Waals surface area contributed by atoms with E-state index in [9.17, 15) is 0 Å². The topological polar surface area (TPSA) is 13.1 Å². The van der Waals surface area contributed by atoms with Crippen LogP contribution in [0.1, 0.15) is 105 Å². The molecule has 12 rings (SSSR count). The number of benzene rings is 8. The zero-order valence-electron chi connectivity index (χ0n) is 42.1. The van der Waals surface area contributed by atoms with Gasteiger partial charge in [-0.25, -0.2) is 0 Å². The van der Waals surface area contributed by atoms with Crippen molar-refractivity contribution in [2.24, 2.45) is 0 Å². The first-order valence-electron chi connectivity index (χ1n) is 24.6. The molecule has 3 nitrogen and oxygen atoms in total. The van der Waals surface area contributed by atoms with Gasteiger partial charge in [-0.15, -0.1) is 11.3 Å². The molecule has 4 heterocycles. The van der Waals surface area contributed by atoms with E-state index >= 15 is 0 Å². The number of thiophene rings is 1.